The Morgan fingerprint density at radius 2 is 1.66 bits per heavy atom. The second kappa shape index (κ2) is 14.1. The van der Waals surface area contributed by atoms with Gasteiger partial charge in [0.25, 0.3) is 5.91 Å². The van der Waals surface area contributed by atoms with Crippen LogP contribution in [0.2, 0.25) is 0 Å². The first-order chi connectivity index (χ1) is 18.2. The first-order valence-electron chi connectivity index (χ1n) is 12.9. The van der Waals surface area contributed by atoms with E-state index in [0.717, 1.165) is 15.6 Å². The summed E-state index contributed by atoms with van der Waals surface area (Å²) in [6.07, 6.45) is 0.289. The molecule has 3 aromatic carbocycles. The summed E-state index contributed by atoms with van der Waals surface area (Å²) in [5, 5.41) is 2.96. The zero-order valence-electron chi connectivity index (χ0n) is 22.4. The van der Waals surface area contributed by atoms with E-state index in [0.29, 0.717) is 23.8 Å². The van der Waals surface area contributed by atoms with Gasteiger partial charge in [-0.15, -0.1) is 0 Å². The molecule has 0 saturated heterocycles. The van der Waals surface area contributed by atoms with Gasteiger partial charge in [-0.05, 0) is 57.1 Å². The van der Waals surface area contributed by atoms with Gasteiger partial charge < -0.3 is 15.0 Å². The molecule has 0 saturated carbocycles. The Labute approximate surface area is 233 Å². The lowest BCUT2D eigenvalue weighted by Gasteiger charge is -2.32. The lowest BCUT2D eigenvalue weighted by atomic mass is 10.0. The second-order valence-corrected chi connectivity index (χ2v) is 10.9. The van der Waals surface area contributed by atoms with E-state index in [4.69, 9.17) is 4.74 Å². The Bertz CT molecular complexity index is 1220. The largest absolute Gasteiger partial charge is 0.483 e. The van der Waals surface area contributed by atoms with Crippen LogP contribution in [0.5, 0.6) is 5.75 Å². The Balaban J connectivity index is 1.91. The first-order valence-corrected chi connectivity index (χ1v) is 13.7. The summed E-state index contributed by atoms with van der Waals surface area (Å²) in [6.45, 7) is 8.33. The van der Waals surface area contributed by atoms with Crippen molar-refractivity contribution in [2.45, 2.75) is 52.6 Å². The van der Waals surface area contributed by atoms with Crippen LogP contribution in [-0.2, 0) is 22.6 Å². The summed E-state index contributed by atoms with van der Waals surface area (Å²) in [5.41, 5.74) is 2.37. The fourth-order valence-electron chi connectivity index (χ4n) is 4.00. The van der Waals surface area contributed by atoms with E-state index in [1.165, 1.54) is 11.0 Å². The van der Waals surface area contributed by atoms with Crippen LogP contribution in [0.15, 0.2) is 77.3 Å². The van der Waals surface area contributed by atoms with Gasteiger partial charge in [0.15, 0.2) is 6.61 Å². The molecule has 0 unspecified atom stereocenters. The summed E-state index contributed by atoms with van der Waals surface area (Å²) in [7, 11) is 0. The number of rotatable bonds is 12. The second-order valence-electron chi connectivity index (χ2n) is 10.1. The van der Waals surface area contributed by atoms with Crippen LogP contribution in [0.4, 0.5) is 4.39 Å². The van der Waals surface area contributed by atoms with Gasteiger partial charge >= 0.3 is 0 Å². The number of halogens is 2. The van der Waals surface area contributed by atoms with Crippen molar-refractivity contribution in [3.63, 3.8) is 0 Å². The zero-order chi connectivity index (χ0) is 27.7. The molecule has 1 N–H and O–H groups in total. The van der Waals surface area contributed by atoms with Crippen LogP contribution in [-0.4, -0.2) is 35.9 Å². The molecule has 3 aromatic rings. The quantitative estimate of drug-likeness (QED) is 0.265. The molecule has 0 aliphatic rings. The number of benzene rings is 3. The van der Waals surface area contributed by atoms with Crippen LogP contribution in [0.25, 0.3) is 0 Å². The standard InChI is InChI=1S/C31H36BrFN2O3/c1-21(2)18-34-31(37)28(16-23-10-6-5-7-11-23)35(19-25-12-8-9-13-27(25)33)30(36)20-38-29-15-14-24(22(3)4)17-26(29)32/h5-15,17,21-22,28H,16,18-20H2,1-4H3,(H,34,37)/t28-/m1/s1. The Kier molecular flexibility index (Phi) is 10.9. The molecule has 0 radical (unpaired) electrons. The lowest BCUT2D eigenvalue weighted by molar-refractivity contribution is -0.142. The van der Waals surface area contributed by atoms with Crippen molar-refractivity contribution < 1.29 is 18.7 Å². The average molecular weight is 584 g/mol. The van der Waals surface area contributed by atoms with Crippen LogP contribution < -0.4 is 10.1 Å². The van der Waals surface area contributed by atoms with E-state index in [-0.39, 0.29) is 31.4 Å². The van der Waals surface area contributed by atoms with Gasteiger partial charge in [0.1, 0.15) is 17.6 Å². The molecule has 0 spiro atoms. The highest BCUT2D eigenvalue weighted by Gasteiger charge is 2.31. The number of amides is 2. The molecule has 0 aliphatic heterocycles. The molecule has 5 nitrogen and oxygen atoms in total. The maximum absolute atomic E-state index is 14.7. The van der Waals surface area contributed by atoms with Gasteiger partial charge in [0, 0.05) is 25.1 Å². The summed E-state index contributed by atoms with van der Waals surface area (Å²) < 4.78 is 21.3. The zero-order valence-corrected chi connectivity index (χ0v) is 24.0. The van der Waals surface area contributed by atoms with Gasteiger partial charge in [-0.3, -0.25) is 9.59 Å². The van der Waals surface area contributed by atoms with Crippen molar-refractivity contribution >= 4 is 27.7 Å². The number of hydrogen-bond acceptors (Lipinski definition) is 3. The van der Waals surface area contributed by atoms with Gasteiger partial charge in [0.2, 0.25) is 5.91 Å². The predicted octanol–water partition coefficient (Wildman–Crippen LogP) is 6.50. The monoisotopic (exact) mass is 582 g/mol. The third kappa shape index (κ3) is 8.42. The summed E-state index contributed by atoms with van der Waals surface area (Å²) >= 11 is 3.53. The van der Waals surface area contributed by atoms with E-state index in [2.05, 4.69) is 35.1 Å². The predicted molar refractivity (Wildman–Crippen MR) is 152 cm³/mol. The minimum absolute atomic E-state index is 0.0606. The van der Waals surface area contributed by atoms with Gasteiger partial charge in [-0.1, -0.05) is 82.3 Å². The van der Waals surface area contributed by atoms with Crippen LogP contribution >= 0.6 is 15.9 Å². The highest BCUT2D eigenvalue weighted by atomic mass is 79.9. The number of ether oxygens (including phenoxy) is 1. The molecule has 0 fully saturated rings. The van der Waals surface area contributed by atoms with E-state index >= 15 is 0 Å². The smallest absolute Gasteiger partial charge is 0.261 e. The minimum atomic E-state index is -0.849. The maximum Gasteiger partial charge on any atom is 0.261 e. The lowest BCUT2D eigenvalue weighted by Crippen LogP contribution is -2.52. The molecule has 2 amide bonds. The van der Waals surface area contributed by atoms with Gasteiger partial charge in [-0.2, -0.15) is 0 Å². The number of carbonyl (C=O) groups excluding carboxylic acids is 2. The first kappa shape index (κ1) is 29.4. The molecular weight excluding hydrogens is 547 g/mol. The molecule has 0 heterocycles. The summed E-state index contributed by atoms with van der Waals surface area (Å²) in [4.78, 5) is 28.6. The number of hydrogen-bond donors (Lipinski definition) is 1. The normalized spacial score (nSPS) is 11.9. The molecule has 1 atom stereocenters. The highest BCUT2D eigenvalue weighted by Crippen LogP contribution is 2.29. The third-order valence-electron chi connectivity index (χ3n) is 6.23. The molecular formula is C31H36BrFN2O3. The number of nitrogens with one attached hydrogen (secondary N) is 1. The maximum atomic E-state index is 14.7. The minimum Gasteiger partial charge on any atom is -0.483 e. The van der Waals surface area contributed by atoms with Crippen molar-refractivity contribution in [2.24, 2.45) is 5.92 Å². The molecule has 202 valence electrons. The van der Waals surface area contributed by atoms with Crippen LogP contribution in [0.1, 0.15) is 50.3 Å². The van der Waals surface area contributed by atoms with E-state index in [9.17, 15) is 14.0 Å². The van der Waals surface area contributed by atoms with Crippen molar-refractivity contribution in [3.05, 3.63) is 99.8 Å². The molecule has 38 heavy (non-hydrogen) atoms. The van der Waals surface area contributed by atoms with Gasteiger partial charge in [0.05, 0.1) is 4.47 Å². The molecule has 7 heteroatoms. The van der Waals surface area contributed by atoms with Crippen LogP contribution in [0.3, 0.4) is 0 Å². The van der Waals surface area contributed by atoms with Gasteiger partial charge in [-0.25, -0.2) is 4.39 Å². The Morgan fingerprint density at radius 1 is 0.974 bits per heavy atom. The third-order valence-corrected chi connectivity index (χ3v) is 6.85. The Hall–Kier alpha value is -3.19. The summed E-state index contributed by atoms with van der Waals surface area (Å²) in [5.74, 6) is -0.0111. The van der Waals surface area contributed by atoms with Crippen LogP contribution in [0, 0.1) is 11.7 Å². The fourth-order valence-corrected chi connectivity index (χ4v) is 4.51. The topological polar surface area (TPSA) is 58.6 Å². The van der Waals surface area contributed by atoms with Crippen molar-refractivity contribution in [2.75, 3.05) is 13.2 Å². The summed E-state index contributed by atoms with van der Waals surface area (Å²) in [6, 6.07) is 20.7. The van der Waals surface area contributed by atoms with Crippen molar-refractivity contribution in [1.82, 2.24) is 10.2 Å². The van der Waals surface area contributed by atoms with Crippen molar-refractivity contribution in [1.29, 1.82) is 0 Å². The molecule has 0 aromatic heterocycles. The highest BCUT2D eigenvalue weighted by molar-refractivity contribution is 9.10. The molecule has 3 rings (SSSR count). The fraction of sp³-hybridized carbons (Fsp3) is 0.355. The van der Waals surface area contributed by atoms with E-state index < -0.39 is 17.8 Å². The average Bonchev–Trinajstić information content (AvgIpc) is 2.89. The molecule has 0 bridgehead atoms. The van der Waals surface area contributed by atoms with Crippen molar-refractivity contribution in [3.8, 4) is 5.75 Å². The SMILES string of the molecule is CC(C)CNC(=O)[C@@H](Cc1ccccc1)N(Cc1ccccc1F)C(=O)COc1ccc(C(C)C)cc1Br. The number of carbonyl (C=O) groups is 2. The van der Waals surface area contributed by atoms with E-state index in [1.807, 2.05) is 62.4 Å². The Morgan fingerprint density at radius 3 is 2.29 bits per heavy atom. The molecule has 0 aliphatic carbocycles. The number of nitrogens with zero attached hydrogens (tertiary/aromatic N) is 1. The van der Waals surface area contributed by atoms with E-state index in [1.54, 1.807) is 18.2 Å².